The van der Waals surface area contributed by atoms with Crippen LogP contribution in [0.1, 0.15) is 19.9 Å². The maximum Gasteiger partial charge on any atom is 0.387 e. The Balaban J connectivity index is 1.91. The molecule has 0 aliphatic rings. The van der Waals surface area contributed by atoms with Crippen LogP contribution in [0.25, 0.3) is 11.3 Å². The summed E-state index contributed by atoms with van der Waals surface area (Å²) in [7, 11) is 0. The Kier molecular flexibility index (Phi) is 5.32. The monoisotopic (exact) mass is 378 g/mol. The first kappa shape index (κ1) is 18.1. The lowest BCUT2D eigenvalue weighted by Gasteiger charge is -2.12. The van der Waals surface area contributed by atoms with Crippen molar-refractivity contribution in [1.29, 1.82) is 0 Å². The maximum absolute atomic E-state index is 12.5. The molecule has 0 aliphatic carbocycles. The summed E-state index contributed by atoms with van der Waals surface area (Å²) in [5.74, 6) is 0.127. The second-order valence-electron chi connectivity index (χ2n) is 5.62. The van der Waals surface area contributed by atoms with Crippen LogP contribution in [-0.2, 0) is 0 Å². The van der Waals surface area contributed by atoms with E-state index in [2.05, 4.69) is 31.2 Å². The van der Waals surface area contributed by atoms with Gasteiger partial charge in [0.15, 0.2) is 0 Å². The molecule has 2 heterocycles. The van der Waals surface area contributed by atoms with Crippen LogP contribution in [-0.4, -0.2) is 26.4 Å². The lowest BCUT2D eigenvalue weighted by molar-refractivity contribution is -0.0493. The van der Waals surface area contributed by atoms with Crippen molar-refractivity contribution in [2.24, 2.45) is 0 Å². The standard InChI is InChI=1S/C17H15ClF2N5O/c1-10(2)25-9-11(7-22-25)15-12(18)8-21-17(24-15)23-13-5-3-4-6-14(13)26-16(19)20/h3,5-10,16H,1-2H3,(H,21,23,24). The van der Waals surface area contributed by atoms with Crippen molar-refractivity contribution in [3.63, 3.8) is 0 Å². The average Bonchev–Trinajstić information content (AvgIpc) is 3.08. The van der Waals surface area contributed by atoms with Gasteiger partial charge in [-0.25, -0.2) is 9.97 Å². The van der Waals surface area contributed by atoms with Gasteiger partial charge in [-0.3, -0.25) is 4.68 Å². The number of halogens is 3. The molecule has 0 aliphatic heterocycles. The molecule has 0 bridgehead atoms. The molecule has 0 saturated heterocycles. The number of alkyl halides is 2. The normalized spacial score (nSPS) is 11.2. The first-order chi connectivity index (χ1) is 12.4. The number of aromatic nitrogens is 4. The first-order valence-corrected chi connectivity index (χ1v) is 8.11. The number of nitrogens with one attached hydrogen (secondary N) is 1. The zero-order valence-corrected chi connectivity index (χ0v) is 14.7. The van der Waals surface area contributed by atoms with Gasteiger partial charge in [-0.05, 0) is 32.0 Å². The number of rotatable bonds is 6. The number of ether oxygens (including phenoxy) is 1. The van der Waals surface area contributed by atoms with Gasteiger partial charge in [0.2, 0.25) is 5.95 Å². The molecular weight excluding hydrogens is 364 g/mol. The fourth-order valence-corrected chi connectivity index (χ4v) is 2.41. The van der Waals surface area contributed by atoms with Gasteiger partial charge in [-0.2, -0.15) is 13.9 Å². The summed E-state index contributed by atoms with van der Waals surface area (Å²) in [6.07, 6.45) is 4.91. The number of nitrogens with zero attached hydrogens (tertiary/aromatic N) is 4. The second kappa shape index (κ2) is 7.65. The van der Waals surface area contributed by atoms with Crippen molar-refractivity contribution < 1.29 is 13.5 Å². The highest BCUT2D eigenvalue weighted by atomic mass is 35.5. The van der Waals surface area contributed by atoms with Crippen LogP contribution in [0.4, 0.5) is 20.4 Å². The summed E-state index contributed by atoms with van der Waals surface area (Å²) < 4.78 is 31.3. The van der Waals surface area contributed by atoms with Gasteiger partial charge in [0.25, 0.3) is 0 Å². The SMILES string of the molecule is CC(C)n1cc(-c2nc(Nc3cc[c]cc3OC(F)F)ncc2Cl)cn1. The first-order valence-electron chi connectivity index (χ1n) is 7.73. The van der Waals surface area contributed by atoms with E-state index < -0.39 is 6.61 Å². The molecule has 0 fully saturated rings. The van der Waals surface area contributed by atoms with E-state index in [-0.39, 0.29) is 23.4 Å². The quantitative estimate of drug-likeness (QED) is 0.672. The van der Waals surface area contributed by atoms with Crippen LogP contribution in [0.15, 0.2) is 36.8 Å². The number of hydrogen-bond acceptors (Lipinski definition) is 5. The lowest BCUT2D eigenvalue weighted by Crippen LogP contribution is -2.05. The van der Waals surface area contributed by atoms with Gasteiger partial charge in [0.05, 0.1) is 28.8 Å². The Morgan fingerprint density at radius 1 is 1.31 bits per heavy atom. The summed E-state index contributed by atoms with van der Waals surface area (Å²) in [5.41, 5.74) is 1.49. The van der Waals surface area contributed by atoms with E-state index in [1.807, 2.05) is 20.0 Å². The zero-order valence-electron chi connectivity index (χ0n) is 13.9. The molecule has 9 heteroatoms. The van der Waals surface area contributed by atoms with Crippen molar-refractivity contribution in [2.45, 2.75) is 26.5 Å². The highest BCUT2D eigenvalue weighted by Gasteiger charge is 2.14. The van der Waals surface area contributed by atoms with Crippen LogP contribution in [0, 0.1) is 6.07 Å². The van der Waals surface area contributed by atoms with E-state index in [9.17, 15) is 8.78 Å². The molecule has 1 aromatic carbocycles. The summed E-state index contributed by atoms with van der Waals surface area (Å²) in [6, 6.07) is 7.27. The van der Waals surface area contributed by atoms with Gasteiger partial charge < -0.3 is 10.1 Å². The van der Waals surface area contributed by atoms with Gasteiger partial charge in [-0.1, -0.05) is 17.7 Å². The maximum atomic E-state index is 12.5. The van der Waals surface area contributed by atoms with E-state index in [1.165, 1.54) is 18.3 Å². The molecule has 0 saturated carbocycles. The minimum absolute atomic E-state index is 0.0600. The highest BCUT2D eigenvalue weighted by Crippen LogP contribution is 2.30. The lowest BCUT2D eigenvalue weighted by atomic mass is 10.2. The van der Waals surface area contributed by atoms with E-state index in [0.717, 1.165) is 5.56 Å². The van der Waals surface area contributed by atoms with E-state index >= 15 is 0 Å². The summed E-state index contributed by atoms with van der Waals surface area (Å²) >= 11 is 6.20. The van der Waals surface area contributed by atoms with Crippen LogP contribution in [0.5, 0.6) is 5.75 Å². The molecule has 26 heavy (non-hydrogen) atoms. The van der Waals surface area contributed by atoms with E-state index in [4.69, 9.17) is 11.6 Å². The summed E-state index contributed by atoms with van der Waals surface area (Å²) in [5, 5.41) is 7.47. The van der Waals surface area contributed by atoms with Gasteiger partial charge in [0.1, 0.15) is 5.75 Å². The van der Waals surface area contributed by atoms with Crippen molar-refractivity contribution in [1.82, 2.24) is 19.7 Å². The van der Waals surface area contributed by atoms with Crippen LogP contribution in [0.3, 0.4) is 0 Å². The third-order valence-electron chi connectivity index (χ3n) is 3.44. The van der Waals surface area contributed by atoms with E-state index in [1.54, 1.807) is 16.9 Å². The Bertz CT molecular complexity index is 900. The smallest absolute Gasteiger partial charge is 0.387 e. The van der Waals surface area contributed by atoms with Crippen LogP contribution >= 0.6 is 11.6 Å². The highest BCUT2D eigenvalue weighted by molar-refractivity contribution is 6.32. The number of benzene rings is 1. The minimum Gasteiger partial charge on any atom is -0.433 e. The van der Waals surface area contributed by atoms with Gasteiger partial charge in [-0.15, -0.1) is 0 Å². The molecule has 135 valence electrons. The Labute approximate surface area is 153 Å². The minimum atomic E-state index is -2.95. The second-order valence-corrected chi connectivity index (χ2v) is 6.03. The predicted octanol–water partition coefficient (Wildman–Crippen LogP) is 4.72. The van der Waals surface area contributed by atoms with Crippen LogP contribution < -0.4 is 10.1 Å². The molecule has 3 rings (SSSR count). The number of anilines is 2. The molecule has 1 N–H and O–H groups in total. The molecule has 6 nitrogen and oxygen atoms in total. The molecule has 2 aromatic heterocycles. The molecule has 3 aromatic rings. The number of hydrogen-bond donors (Lipinski definition) is 1. The molecule has 1 radical (unpaired) electrons. The summed E-state index contributed by atoms with van der Waals surface area (Å²) in [6.45, 7) is 1.06. The molecule has 0 unspecified atom stereocenters. The third kappa shape index (κ3) is 4.08. The van der Waals surface area contributed by atoms with Gasteiger partial charge >= 0.3 is 6.61 Å². The van der Waals surface area contributed by atoms with Crippen molar-refractivity contribution in [2.75, 3.05) is 5.32 Å². The molecule has 0 amide bonds. The van der Waals surface area contributed by atoms with Crippen molar-refractivity contribution in [3.8, 4) is 17.0 Å². The topological polar surface area (TPSA) is 64.9 Å². The summed E-state index contributed by atoms with van der Waals surface area (Å²) in [4.78, 5) is 8.46. The molecule has 0 atom stereocenters. The fraction of sp³-hybridized carbons (Fsp3) is 0.235. The third-order valence-corrected chi connectivity index (χ3v) is 3.71. The van der Waals surface area contributed by atoms with Crippen LogP contribution in [0.2, 0.25) is 5.02 Å². The Morgan fingerprint density at radius 3 is 2.81 bits per heavy atom. The van der Waals surface area contributed by atoms with Gasteiger partial charge in [0, 0.05) is 17.8 Å². The van der Waals surface area contributed by atoms with Crippen molar-refractivity contribution in [3.05, 3.63) is 47.9 Å². The predicted molar refractivity (Wildman–Crippen MR) is 93.8 cm³/mol. The zero-order chi connectivity index (χ0) is 18.7. The Hall–Kier alpha value is -2.74. The fourth-order valence-electron chi connectivity index (χ4n) is 2.20. The molecular formula is C17H15ClF2N5O. The molecule has 0 spiro atoms. The largest absolute Gasteiger partial charge is 0.433 e. The van der Waals surface area contributed by atoms with Crippen molar-refractivity contribution >= 4 is 23.2 Å². The Morgan fingerprint density at radius 2 is 2.12 bits per heavy atom. The average molecular weight is 379 g/mol. The van der Waals surface area contributed by atoms with E-state index in [0.29, 0.717) is 10.7 Å².